The summed E-state index contributed by atoms with van der Waals surface area (Å²) < 4.78 is 7.50. The van der Waals surface area contributed by atoms with Crippen molar-refractivity contribution < 1.29 is 4.74 Å². The van der Waals surface area contributed by atoms with Gasteiger partial charge in [0, 0.05) is 23.4 Å². The summed E-state index contributed by atoms with van der Waals surface area (Å²) in [6, 6.07) is 8.29. The van der Waals surface area contributed by atoms with Gasteiger partial charge in [-0.15, -0.1) is 16.4 Å². The number of ether oxygens (including phenoxy) is 1. The maximum Gasteiger partial charge on any atom is 0.209 e. The highest BCUT2D eigenvalue weighted by atomic mass is 32.2. The molecule has 0 unspecified atom stereocenters. The summed E-state index contributed by atoms with van der Waals surface area (Å²) in [4.78, 5) is 4.64. The van der Waals surface area contributed by atoms with Gasteiger partial charge in [-0.2, -0.15) is 0 Å². The first-order valence-electron chi connectivity index (χ1n) is 8.55. The van der Waals surface area contributed by atoms with Crippen LogP contribution in [-0.2, 0) is 17.0 Å². The Bertz CT molecular complexity index is 841. The van der Waals surface area contributed by atoms with Crippen LogP contribution >= 0.6 is 23.1 Å². The number of rotatable bonds is 7. The second-order valence-corrected chi connectivity index (χ2v) is 8.00. The third-order valence-electron chi connectivity index (χ3n) is 4.10. The standard InChI is InChI=1S/C17H20N6OS2/c1-12-4-6-13(7-5-12)18-16-19-14(10-25-16)11-26-17-20-21-22-23(17)9-15-3-2-8-24-15/h4-7,10,15H,2-3,8-9,11H2,1H3,(H,18,19)/t15-/m0/s1. The van der Waals surface area contributed by atoms with Gasteiger partial charge in [-0.3, -0.25) is 0 Å². The second-order valence-electron chi connectivity index (χ2n) is 6.20. The quantitative estimate of drug-likeness (QED) is 0.619. The molecule has 7 nitrogen and oxygen atoms in total. The molecule has 1 aliphatic heterocycles. The molecule has 1 aromatic carbocycles. The van der Waals surface area contributed by atoms with Gasteiger partial charge in [0.15, 0.2) is 5.13 Å². The summed E-state index contributed by atoms with van der Waals surface area (Å²) >= 11 is 3.20. The minimum atomic E-state index is 0.224. The second kappa shape index (κ2) is 8.15. The summed E-state index contributed by atoms with van der Waals surface area (Å²) in [6.45, 7) is 3.63. The minimum Gasteiger partial charge on any atom is -0.376 e. The normalized spacial score (nSPS) is 16.9. The van der Waals surface area contributed by atoms with Crippen molar-refractivity contribution in [3.63, 3.8) is 0 Å². The number of benzene rings is 1. The van der Waals surface area contributed by atoms with E-state index in [-0.39, 0.29) is 6.10 Å². The van der Waals surface area contributed by atoms with E-state index in [4.69, 9.17) is 4.74 Å². The van der Waals surface area contributed by atoms with Gasteiger partial charge in [-0.1, -0.05) is 29.5 Å². The highest BCUT2D eigenvalue weighted by Crippen LogP contribution is 2.26. The molecule has 9 heteroatoms. The molecule has 3 heterocycles. The molecular weight excluding hydrogens is 368 g/mol. The Morgan fingerprint density at radius 2 is 2.23 bits per heavy atom. The van der Waals surface area contributed by atoms with Gasteiger partial charge in [0.25, 0.3) is 0 Å². The maximum absolute atomic E-state index is 5.67. The molecule has 136 valence electrons. The van der Waals surface area contributed by atoms with Gasteiger partial charge in [0.05, 0.1) is 18.3 Å². The highest BCUT2D eigenvalue weighted by molar-refractivity contribution is 7.98. The molecule has 4 rings (SSSR count). The Morgan fingerprint density at radius 1 is 1.35 bits per heavy atom. The molecule has 3 aromatic rings. The van der Waals surface area contributed by atoms with Crippen LogP contribution in [0.3, 0.4) is 0 Å². The van der Waals surface area contributed by atoms with E-state index in [9.17, 15) is 0 Å². The van der Waals surface area contributed by atoms with Crippen molar-refractivity contribution in [1.82, 2.24) is 25.2 Å². The van der Waals surface area contributed by atoms with Gasteiger partial charge >= 0.3 is 0 Å². The van der Waals surface area contributed by atoms with E-state index in [2.05, 4.69) is 62.4 Å². The van der Waals surface area contributed by atoms with E-state index in [1.165, 1.54) is 5.56 Å². The zero-order valence-corrected chi connectivity index (χ0v) is 16.1. The van der Waals surface area contributed by atoms with Crippen LogP contribution < -0.4 is 5.32 Å². The average molecular weight is 389 g/mol. The number of thioether (sulfide) groups is 1. The van der Waals surface area contributed by atoms with E-state index in [1.807, 2.05) is 4.68 Å². The molecule has 2 aromatic heterocycles. The summed E-state index contributed by atoms with van der Waals surface area (Å²) in [5.74, 6) is 0.734. The molecule has 0 saturated carbocycles. The number of nitrogens with zero attached hydrogens (tertiary/aromatic N) is 5. The molecule has 0 amide bonds. The van der Waals surface area contributed by atoms with Gasteiger partial charge in [0.1, 0.15) is 0 Å². The Hall–Kier alpha value is -1.97. The molecule has 1 atom stereocenters. The number of tetrazole rings is 1. The Morgan fingerprint density at radius 3 is 3.04 bits per heavy atom. The number of thiazole rings is 1. The molecule has 1 aliphatic rings. The third-order valence-corrected chi connectivity index (χ3v) is 5.90. The Labute approximate surface area is 160 Å². The van der Waals surface area contributed by atoms with Crippen LogP contribution in [-0.4, -0.2) is 37.9 Å². The molecule has 26 heavy (non-hydrogen) atoms. The summed E-state index contributed by atoms with van der Waals surface area (Å²) in [7, 11) is 0. The monoisotopic (exact) mass is 388 g/mol. The first kappa shape index (κ1) is 17.4. The largest absolute Gasteiger partial charge is 0.376 e. The SMILES string of the molecule is Cc1ccc(Nc2nc(CSc3nnnn3C[C@@H]3CCCO3)cs2)cc1. The lowest BCUT2D eigenvalue weighted by Gasteiger charge is -2.09. The van der Waals surface area contributed by atoms with E-state index in [0.29, 0.717) is 6.54 Å². The lowest BCUT2D eigenvalue weighted by atomic mass is 10.2. The molecule has 0 aliphatic carbocycles. The van der Waals surface area contributed by atoms with Crippen molar-refractivity contribution >= 4 is 33.9 Å². The number of aryl methyl sites for hydroxylation is 1. The summed E-state index contributed by atoms with van der Waals surface area (Å²) in [5, 5.41) is 19.1. The zero-order valence-electron chi connectivity index (χ0n) is 14.5. The number of hydrogen-bond donors (Lipinski definition) is 1. The van der Waals surface area contributed by atoms with Crippen LogP contribution in [0.25, 0.3) is 0 Å². The Kier molecular flexibility index (Phi) is 5.47. The number of anilines is 2. The van der Waals surface area contributed by atoms with Crippen molar-refractivity contribution in [2.45, 2.75) is 43.3 Å². The predicted octanol–water partition coefficient (Wildman–Crippen LogP) is 3.65. The fourth-order valence-electron chi connectivity index (χ4n) is 2.73. The topological polar surface area (TPSA) is 77.8 Å². The highest BCUT2D eigenvalue weighted by Gasteiger charge is 2.19. The fourth-order valence-corrected chi connectivity index (χ4v) is 4.34. The fraction of sp³-hybridized carbons (Fsp3) is 0.412. The predicted molar refractivity (Wildman–Crippen MR) is 103 cm³/mol. The minimum absolute atomic E-state index is 0.224. The zero-order chi connectivity index (χ0) is 17.8. The molecular formula is C17H20N6OS2. The number of nitrogens with one attached hydrogen (secondary N) is 1. The molecule has 1 fully saturated rings. The molecule has 1 saturated heterocycles. The van der Waals surface area contributed by atoms with E-state index in [0.717, 1.165) is 46.9 Å². The van der Waals surface area contributed by atoms with Crippen molar-refractivity contribution in [2.75, 3.05) is 11.9 Å². The summed E-state index contributed by atoms with van der Waals surface area (Å²) in [5.41, 5.74) is 3.30. The smallest absolute Gasteiger partial charge is 0.209 e. The molecule has 0 spiro atoms. The average Bonchev–Trinajstić information content (AvgIpc) is 3.39. The van der Waals surface area contributed by atoms with Gasteiger partial charge < -0.3 is 10.1 Å². The van der Waals surface area contributed by atoms with Crippen LogP contribution in [0.4, 0.5) is 10.8 Å². The lowest BCUT2D eigenvalue weighted by Crippen LogP contribution is -2.16. The van der Waals surface area contributed by atoms with Crippen LogP contribution in [0, 0.1) is 6.92 Å². The third kappa shape index (κ3) is 4.40. The van der Waals surface area contributed by atoms with Crippen LogP contribution in [0.2, 0.25) is 0 Å². The van der Waals surface area contributed by atoms with Crippen LogP contribution in [0.5, 0.6) is 0 Å². The van der Waals surface area contributed by atoms with Gasteiger partial charge in [-0.25, -0.2) is 9.67 Å². The van der Waals surface area contributed by atoms with E-state index < -0.39 is 0 Å². The van der Waals surface area contributed by atoms with Gasteiger partial charge in [0.2, 0.25) is 5.16 Å². The number of hydrogen-bond acceptors (Lipinski definition) is 8. The van der Waals surface area contributed by atoms with Crippen LogP contribution in [0.15, 0.2) is 34.8 Å². The molecule has 0 radical (unpaired) electrons. The summed E-state index contributed by atoms with van der Waals surface area (Å²) in [6.07, 6.45) is 2.41. The molecule has 1 N–H and O–H groups in total. The molecule has 0 bridgehead atoms. The van der Waals surface area contributed by atoms with E-state index in [1.54, 1.807) is 23.1 Å². The first-order chi connectivity index (χ1) is 12.8. The van der Waals surface area contributed by atoms with Crippen molar-refractivity contribution in [2.24, 2.45) is 0 Å². The Balaban J connectivity index is 1.33. The van der Waals surface area contributed by atoms with Crippen molar-refractivity contribution in [3.05, 3.63) is 40.9 Å². The van der Waals surface area contributed by atoms with Gasteiger partial charge in [-0.05, 0) is 42.3 Å². The number of aromatic nitrogens is 5. The van der Waals surface area contributed by atoms with Crippen molar-refractivity contribution in [3.8, 4) is 0 Å². The van der Waals surface area contributed by atoms with Crippen LogP contribution in [0.1, 0.15) is 24.1 Å². The van der Waals surface area contributed by atoms with E-state index >= 15 is 0 Å². The first-order valence-corrected chi connectivity index (χ1v) is 10.4. The lowest BCUT2D eigenvalue weighted by molar-refractivity contribution is 0.0912. The van der Waals surface area contributed by atoms with Crippen molar-refractivity contribution in [1.29, 1.82) is 0 Å². The maximum atomic E-state index is 5.67.